The fraction of sp³-hybridized carbons (Fsp3) is 0.381. The molecule has 0 saturated carbocycles. The molecule has 2 unspecified atom stereocenters. The molecule has 2 heterocycles. The molecule has 154 valence electrons. The van der Waals surface area contributed by atoms with E-state index in [1.807, 2.05) is 24.3 Å². The van der Waals surface area contributed by atoms with Gasteiger partial charge in [0.1, 0.15) is 30.0 Å². The highest BCUT2D eigenvalue weighted by Gasteiger charge is 2.27. The number of nitrogens with zero attached hydrogens (tertiary/aromatic N) is 2. The van der Waals surface area contributed by atoms with Gasteiger partial charge in [0, 0.05) is 26.2 Å². The zero-order valence-electron chi connectivity index (χ0n) is 16.2. The van der Waals surface area contributed by atoms with Crippen LogP contribution >= 0.6 is 0 Å². The maximum Gasteiger partial charge on any atom is 0.191 e. The van der Waals surface area contributed by atoms with Crippen molar-refractivity contribution in [3.05, 3.63) is 54.1 Å². The highest BCUT2D eigenvalue weighted by molar-refractivity contribution is 5.80. The molecule has 0 aliphatic carbocycles. The number of benzene rings is 2. The number of para-hydroxylation sites is 3. The molecule has 2 atom stereocenters. The summed E-state index contributed by atoms with van der Waals surface area (Å²) >= 11 is 0. The first-order chi connectivity index (χ1) is 14.1. The molecule has 0 amide bonds. The minimum Gasteiger partial charge on any atom is -0.486 e. The van der Waals surface area contributed by atoms with Crippen LogP contribution in [0.4, 0.5) is 14.5 Å². The van der Waals surface area contributed by atoms with Crippen LogP contribution in [0.5, 0.6) is 11.5 Å². The number of hydrogen-bond acceptors (Lipinski definition) is 4. The van der Waals surface area contributed by atoms with Gasteiger partial charge in [0.15, 0.2) is 17.5 Å². The molecule has 0 spiro atoms. The summed E-state index contributed by atoms with van der Waals surface area (Å²) < 4.78 is 39.7. The molecule has 2 aliphatic rings. The molecule has 0 bridgehead atoms. The van der Waals surface area contributed by atoms with Gasteiger partial charge in [0.05, 0.1) is 6.54 Å². The number of anilines is 1. The largest absolute Gasteiger partial charge is 0.486 e. The average Bonchev–Trinajstić information content (AvgIpc) is 3.18. The Labute approximate surface area is 168 Å². The summed E-state index contributed by atoms with van der Waals surface area (Å²) in [6.45, 7) is 2.04. The molecule has 2 N–H and O–H groups in total. The second-order valence-electron chi connectivity index (χ2n) is 7.10. The standard InChI is InChI=1S/C21H24F2N4O2/c1-24-21(25-11-15-13-28-18-7-2-3-8-19(18)29-15)26-14-9-10-27(12-14)20-16(22)5-4-6-17(20)23/h2-8,14-15H,9-13H2,1H3,(H2,24,25,26). The molecule has 0 aromatic heterocycles. The van der Waals surface area contributed by atoms with Crippen molar-refractivity contribution in [3.8, 4) is 11.5 Å². The van der Waals surface area contributed by atoms with Gasteiger partial charge in [0.25, 0.3) is 0 Å². The quantitative estimate of drug-likeness (QED) is 0.608. The zero-order chi connectivity index (χ0) is 20.2. The van der Waals surface area contributed by atoms with Crippen molar-refractivity contribution in [1.29, 1.82) is 0 Å². The predicted molar refractivity (Wildman–Crippen MR) is 108 cm³/mol. The van der Waals surface area contributed by atoms with E-state index >= 15 is 0 Å². The van der Waals surface area contributed by atoms with Crippen molar-refractivity contribution in [1.82, 2.24) is 10.6 Å². The average molecular weight is 402 g/mol. The minimum absolute atomic E-state index is 0.0319. The summed E-state index contributed by atoms with van der Waals surface area (Å²) in [7, 11) is 1.69. The molecule has 29 heavy (non-hydrogen) atoms. The molecule has 2 aliphatic heterocycles. The summed E-state index contributed by atoms with van der Waals surface area (Å²) in [4.78, 5) is 5.97. The van der Waals surface area contributed by atoms with E-state index in [1.54, 1.807) is 11.9 Å². The highest BCUT2D eigenvalue weighted by atomic mass is 19.1. The number of nitrogens with one attached hydrogen (secondary N) is 2. The lowest BCUT2D eigenvalue weighted by molar-refractivity contribution is 0.0936. The van der Waals surface area contributed by atoms with Gasteiger partial charge in [-0.05, 0) is 30.7 Å². The first-order valence-corrected chi connectivity index (χ1v) is 9.68. The third-order valence-electron chi connectivity index (χ3n) is 5.07. The maximum atomic E-state index is 14.0. The van der Waals surface area contributed by atoms with E-state index in [2.05, 4.69) is 15.6 Å². The van der Waals surface area contributed by atoms with Crippen LogP contribution in [-0.4, -0.2) is 51.4 Å². The van der Waals surface area contributed by atoms with E-state index in [-0.39, 0.29) is 17.8 Å². The smallest absolute Gasteiger partial charge is 0.191 e. The van der Waals surface area contributed by atoms with Crippen molar-refractivity contribution in [2.75, 3.05) is 38.2 Å². The van der Waals surface area contributed by atoms with E-state index < -0.39 is 11.6 Å². The van der Waals surface area contributed by atoms with Gasteiger partial charge in [-0.3, -0.25) is 4.99 Å². The minimum atomic E-state index is -0.539. The van der Waals surface area contributed by atoms with Gasteiger partial charge in [-0.25, -0.2) is 8.78 Å². The third kappa shape index (κ3) is 4.36. The normalized spacial score (nSPS) is 21.2. The van der Waals surface area contributed by atoms with Crippen LogP contribution in [0, 0.1) is 11.6 Å². The lowest BCUT2D eigenvalue weighted by Crippen LogP contribution is -2.48. The Bertz CT molecular complexity index is 872. The molecule has 1 saturated heterocycles. The van der Waals surface area contributed by atoms with E-state index in [4.69, 9.17) is 9.47 Å². The first kappa shape index (κ1) is 19.3. The lowest BCUT2D eigenvalue weighted by Gasteiger charge is -2.27. The van der Waals surface area contributed by atoms with Crippen molar-refractivity contribution in [3.63, 3.8) is 0 Å². The third-order valence-corrected chi connectivity index (χ3v) is 5.07. The highest BCUT2D eigenvalue weighted by Crippen LogP contribution is 2.30. The summed E-state index contributed by atoms with van der Waals surface area (Å²) in [6.07, 6.45) is 0.612. The number of hydrogen-bond donors (Lipinski definition) is 2. The number of fused-ring (bicyclic) bond motifs is 1. The molecular weight excluding hydrogens is 378 g/mol. The SMILES string of the molecule is CN=C(NCC1COc2ccccc2O1)NC1CCN(c2c(F)cccc2F)C1. The van der Waals surface area contributed by atoms with E-state index in [1.165, 1.54) is 18.2 Å². The Hall–Kier alpha value is -3.03. The Morgan fingerprint density at radius 3 is 2.66 bits per heavy atom. The second-order valence-corrected chi connectivity index (χ2v) is 7.10. The van der Waals surface area contributed by atoms with Gasteiger partial charge in [-0.2, -0.15) is 0 Å². The van der Waals surface area contributed by atoms with E-state index in [9.17, 15) is 8.78 Å². The maximum absolute atomic E-state index is 14.0. The predicted octanol–water partition coefficient (Wildman–Crippen LogP) is 2.55. The lowest BCUT2D eigenvalue weighted by atomic mass is 10.2. The van der Waals surface area contributed by atoms with Crippen molar-refractivity contribution in [2.45, 2.75) is 18.6 Å². The Kier molecular flexibility index (Phi) is 5.69. The van der Waals surface area contributed by atoms with Crippen LogP contribution in [-0.2, 0) is 0 Å². The molecule has 1 fully saturated rings. The van der Waals surface area contributed by atoms with Crippen LogP contribution in [0.3, 0.4) is 0 Å². The van der Waals surface area contributed by atoms with Gasteiger partial charge >= 0.3 is 0 Å². The van der Waals surface area contributed by atoms with Crippen molar-refractivity contribution >= 4 is 11.6 Å². The topological polar surface area (TPSA) is 58.1 Å². The van der Waals surface area contributed by atoms with E-state index in [0.717, 1.165) is 17.9 Å². The fourth-order valence-electron chi connectivity index (χ4n) is 3.63. The van der Waals surface area contributed by atoms with Gasteiger partial charge in [-0.15, -0.1) is 0 Å². The van der Waals surface area contributed by atoms with E-state index in [0.29, 0.717) is 32.2 Å². The summed E-state index contributed by atoms with van der Waals surface area (Å²) in [5, 5.41) is 6.56. The molecule has 8 heteroatoms. The van der Waals surface area contributed by atoms with Crippen LogP contribution < -0.4 is 25.0 Å². The number of ether oxygens (including phenoxy) is 2. The molecule has 2 aromatic carbocycles. The van der Waals surface area contributed by atoms with Crippen molar-refractivity contribution in [2.24, 2.45) is 4.99 Å². The van der Waals surface area contributed by atoms with Gasteiger partial charge in [0.2, 0.25) is 0 Å². The summed E-state index contributed by atoms with van der Waals surface area (Å²) in [6, 6.07) is 11.5. The van der Waals surface area contributed by atoms with Crippen molar-refractivity contribution < 1.29 is 18.3 Å². The van der Waals surface area contributed by atoms with Crippen LogP contribution in [0.25, 0.3) is 0 Å². The zero-order valence-corrected chi connectivity index (χ0v) is 16.2. The molecule has 6 nitrogen and oxygen atoms in total. The Morgan fingerprint density at radius 1 is 1.14 bits per heavy atom. The Morgan fingerprint density at radius 2 is 1.90 bits per heavy atom. The molecule has 2 aromatic rings. The molecule has 4 rings (SSSR count). The molecule has 0 radical (unpaired) electrons. The van der Waals surface area contributed by atoms with Gasteiger partial charge in [-0.1, -0.05) is 18.2 Å². The summed E-state index contributed by atoms with van der Waals surface area (Å²) in [5.41, 5.74) is 0.0335. The molecular formula is C21H24F2N4O2. The number of halogens is 2. The number of aliphatic imine (C=N–C) groups is 1. The Balaban J connectivity index is 1.29. The monoisotopic (exact) mass is 402 g/mol. The first-order valence-electron chi connectivity index (χ1n) is 9.68. The summed E-state index contributed by atoms with van der Waals surface area (Å²) in [5.74, 6) is 1.02. The fourth-order valence-corrected chi connectivity index (χ4v) is 3.63. The van der Waals surface area contributed by atoms with Crippen LogP contribution in [0.15, 0.2) is 47.5 Å². The van der Waals surface area contributed by atoms with Crippen LogP contribution in [0.2, 0.25) is 0 Å². The van der Waals surface area contributed by atoms with Crippen LogP contribution in [0.1, 0.15) is 6.42 Å². The second kappa shape index (κ2) is 8.55. The number of rotatable bonds is 4. The van der Waals surface area contributed by atoms with Gasteiger partial charge < -0.3 is 25.0 Å². The number of guanidine groups is 1.